The number of nitrogens with one attached hydrogen (secondary N) is 1. The van der Waals surface area contributed by atoms with Crippen LogP contribution < -0.4 is 10.1 Å². The number of amides is 1. The van der Waals surface area contributed by atoms with Gasteiger partial charge in [0.25, 0.3) is 5.91 Å². The van der Waals surface area contributed by atoms with Crippen molar-refractivity contribution in [3.63, 3.8) is 0 Å². The van der Waals surface area contributed by atoms with Crippen LogP contribution in [0, 0.1) is 12.7 Å². The summed E-state index contributed by atoms with van der Waals surface area (Å²) >= 11 is 0. The van der Waals surface area contributed by atoms with Gasteiger partial charge >= 0.3 is 0 Å². The van der Waals surface area contributed by atoms with E-state index in [0.717, 1.165) is 5.69 Å². The smallest absolute Gasteiger partial charge is 0.256 e. The maximum absolute atomic E-state index is 14.1. The van der Waals surface area contributed by atoms with Crippen molar-refractivity contribution >= 4 is 5.91 Å². The molecule has 1 aromatic heterocycles. The van der Waals surface area contributed by atoms with Gasteiger partial charge in [0, 0.05) is 37.9 Å². The number of carbonyl (C=O) groups excluding carboxylic acids is 1. The first-order valence-corrected chi connectivity index (χ1v) is 9.33. The number of methoxy groups -OCH3 is 1. The minimum Gasteiger partial charge on any atom is -0.497 e. The monoisotopic (exact) mass is 391 g/mol. The van der Waals surface area contributed by atoms with E-state index in [0.29, 0.717) is 43.8 Å². The van der Waals surface area contributed by atoms with Gasteiger partial charge in [-0.25, -0.2) is 4.39 Å². The number of piperidine rings is 1. The van der Waals surface area contributed by atoms with Crippen LogP contribution in [0.25, 0.3) is 0 Å². The lowest BCUT2D eigenvalue weighted by atomic mass is 9.91. The third kappa shape index (κ3) is 4.66. The summed E-state index contributed by atoms with van der Waals surface area (Å²) in [6, 6.07) is 4.44. The maximum atomic E-state index is 14.1. The molecule has 0 radical (unpaired) electrons. The van der Waals surface area contributed by atoms with Gasteiger partial charge in [-0.05, 0) is 38.0 Å². The fourth-order valence-electron chi connectivity index (χ4n) is 3.38. The quantitative estimate of drug-likeness (QED) is 0.649. The lowest BCUT2D eigenvalue weighted by Gasteiger charge is -2.38. The Balaban J connectivity index is 1.57. The molecule has 1 atom stereocenters. The van der Waals surface area contributed by atoms with Crippen molar-refractivity contribution in [3.8, 4) is 5.75 Å². The van der Waals surface area contributed by atoms with Gasteiger partial charge in [0.05, 0.1) is 19.3 Å². The molecule has 1 aliphatic rings. The first kappa shape index (κ1) is 20.2. The first-order chi connectivity index (χ1) is 13.4. The fourth-order valence-corrected chi connectivity index (χ4v) is 3.38. The molecule has 0 spiro atoms. The minimum absolute atomic E-state index is 0.0996. The summed E-state index contributed by atoms with van der Waals surface area (Å²) < 4.78 is 20.9. The maximum Gasteiger partial charge on any atom is 0.256 e. The highest BCUT2D eigenvalue weighted by Crippen LogP contribution is 2.25. The van der Waals surface area contributed by atoms with Crippen molar-refractivity contribution in [3.05, 3.63) is 41.5 Å². The summed E-state index contributed by atoms with van der Waals surface area (Å²) in [5.74, 6) is -0.254. The Hall–Kier alpha value is -2.52. The van der Waals surface area contributed by atoms with Crippen LogP contribution in [0.4, 0.5) is 4.39 Å². The molecule has 0 saturated carbocycles. The standard InChI is InChI=1S/C19H26FN5O3/c1-14-11-25(23-22-14)9-7-21-13-19(27)6-3-8-24(18(19)26)12-15-10-16(28-2)4-5-17(15)20/h4-5,10-11,21,27H,3,6-9,12-13H2,1-2H3/t19-/m1/s1. The number of aromatic nitrogens is 3. The van der Waals surface area contributed by atoms with E-state index in [9.17, 15) is 14.3 Å². The zero-order valence-corrected chi connectivity index (χ0v) is 16.2. The van der Waals surface area contributed by atoms with Crippen molar-refractivity contribution in [1.82, 2.24) is 25.2 Å². The molecule has 0 unspecified atom stereocenters. The van der Waals surface area contributed by atoms with E-state index in [-0.39, 0.29) is 19.0 Å². The molecule has 2 heterocycles. The second-order valence-corrected chi connectivity index (χ2v) is 7.12. The molecular weight excluding hydrogens is 365 g/mol. The number of aliphatic hydroxyl groups is 1. The molecule has 2 aromatic rings. The predicted molar refractivity (Wildman–Crippen MR) is 100 cm³/mol. The number of hydrogen-bond donors (Lipinski definition) is 2. The van der Waals surface area contributed by atoms with Gasteiger partial charge in [-0.2, -0.15) is 0 Å². The van der Waals surface area contributed by atoms with E-state index in [4.69, 9.17) is 4.74 Å². The molecule has 8 nitrogen and oxygen atoms in total. The van der Waals surface area contributed by atoms with E-state index in [2.05, 4.69) is 15.6 Å². The lowest BCUT2D eigenvalue weighted by molar-refractivity contribution is -0.157. The number of nitrogens with zero attached hydrogens (tertiary/aromatic N) is 4. The van der Waals surface area contributed by atoms with Crippen LogP contribution >= 0.6 is 0 Å². The van der Waals surface area contributed by atoms with Crippen LogP contribution in [0.3, 0.4) is 0 Å². The van der Waals surface area contributed by atoms with Crippen molar-refractivity contribution < 1.29 is 19.0 Å². The van der Waals surface area contributed by atoms with Crippen LogP contribution in [0.5, 0.6) is 5.75 Å². The Morgan fingerprint density at radius 1 is 1.43 bits per heavy atom. The molecule has 0 bridgehead atoms. The van der Waals surface area contributed by atoms with Crippen molar-refractivity contribution in [1.29, 1.82) is 0 Å². The number of hydrogen-bond acceptors (Lipinski definition) is 6. The molecule has 152 valence electrons. The number of carbonyl (C=O) groups is 1. The summed E-state index contributed by atoms with van der Waals surface area (Å²) in [7, 11) is 1.51. The third-order valence-corrected chi connectivity index (χ3v) is 4.91. The summed E-state index contributed by atoms with van der Waals surface area (Å²) in [6.45, 7) is 3.71. The van der Waals surface area contributed by atoms with Gasteiger partial charge in [-0.1, -0.05) is 5.21 Å². The first-order valence-electron chi connectivity index (χ1n) is 9.33. The Kier molecular flexibility index (Phi) is 6.25. The van der Waals surface area contributed by atoms with E-state index < -0.39 is 11.4 Å². The molecule has 28 heavy (non-hydrogen) atoms. The van der Waals surface area contributed by atoms with Crippen molar-refractivity contribution in [2.75, 3.05) is 26.7 Å². The number of benzene rings is 1. The summed E-state index contributed by atoms with van der Waals surface area (Å²) in [6.07, 6.45) is 2.85. The van der Waals surface area contributed by atoms with Gasteiger partial charge in [-0.3, -0.25) is 9.48 Å². The molecule has 0 aliphatic carbocycles. The minimum atomic E-state index is -1.49. The largest absolute Gasteiger partial charge is 0.497 e. The molecule has 1 saturated heterocycles. The highest BCUT2D eigenvalue weighted by atomic mass is 19.1. The van der Waals surface area contributed by atoms with Crippen molar-refractivity contribution in [2.24, 2.45) is 0 Å². The average Bonchev–Trinajstić information content (AvgIpc) is 3.10. The Morgan fingerprint density at radius 2 is 2.25 bits per heavy atom. The molecule has 3 rings (SSSR count). The van der Waals surface area contributed by atoms with E-state index in [1.54, 1.807) is 10.7 Å². The van der Waals surface area contributed by atoms with Crippen LogP contribution in [0.1, 0.15) is 24.1 Å². The van der Waals surface area contributed by atoms with E-state index in [1.165, 1.54) is 24.1 Å². The molecule has 1 aliphatic heterocycles. The van der Waals surface area contributed by atoms with Gasteiger partial charge in [0.15, 0.2) is 5.60 Å². The van der Waals surface area contributed by atoms with Gasteiger partial charge < -0.3 is 20.1 Å². The number of halogens is 1. The molecular formula is C19H26FN5O3. The summed E-state index contributed by atoms with van der Waals surface area (Å²) in [4.78, 5) is 14.3. The molecule has 1 amide bonds. The highest BCUT2D eigenvalue weighted by Gasteiger charge is 2.41. The van der Waals surface area contributed by atoms with Crippen LogP contribution in [0.2, 0.25) is 0 Å². The fraction of sp³-hybridized carbons (Fsp3) is 0.526. The second kappa shape index (κ2) is 8.66. The Morgan fingerprint density at radius 3 is 2.96 bits per heavy atom. The Bertz CT molecular complexity index is 828. The summed E-state index contributed by atoms with van der Waals surface area (Å²) in [5.41, 5.74) is -0.292. The molecule has 1 fully saturated rings. The molecule has 9 heteroatoms. The van der Waals surface area contributed by atoms with Gasteiger partial charge in [-0.15, -0.1) is 5.10 Å². The SMILES string of the molecule is COc1ccc(F)c(CN2CCC[C@@](O)(CNCCn3cc(C)nn3)C2=O)c1. The van der Waals surface area contributed by atoms with Crippen LogP contribution in [0.15, 0.2) is 24.4 Å². The number of aryl methyl sites for hydroxylation is 1. The predicted octanol–water partition coefficient (Wildman–Crippen LogP) is 0.878. The van der Waals surface area contributed by atoms with Gasteiger partial charge in [0.1, 0.15) is 11.6 Å². The summed E-state index contributed by atoms with van der Waals surface area (Å²) in [5, 5.41) is 21.8. The van der Waals surface area contributed by atoms with Gasteiger partial charge in [0.2, 0.25) is 0 Å². The topological polar surface area (TPSA) is 92.5 Å². The van der Waals surface area contributed by atoms with Crippen LogP contribution in [-0.4, -0.2) is 63.3 Å². The second-order valence-electron chi connectivity index (χ2n) is 7.12. The number of ether oxygens (including phenoxy) is 1. The normalized spacial score (nSPS) is 19.9. The van der Waals surface area contributed by atoms with Crippen LogP contribution in [-0.2, 0) is 17.9 Å². The van der Waals surface area contributed by atoms with E-state index in [1.807, 2.05) is 13.1 Å². The highest BCUT2D eigenvalue weighted by molar-refractivity contribution is 5.86. The van der Waals surface area contributed by atoms with E-state index >= 15 is 0 Å². The lowest BCUT2D eigenvalue weighted by Crippen LogP contribution is -2.57. The Labute approximate surface area is 163 Å². The zero-order valence-electron chi connectivity index (χ0n) is 16.2. The average molecular weight is 391 g/mol. The number of rotatable bonds is 8. The number of likely N-dealkylation sites (tertiary alicyclic amines) is 1. The molecule has 1 aromatic carbocycles. The third-order valence-electron chi connectivity index (χ3n) is 4.91. The van der Waals surface area contributed by atoms with Crippen molar-refractivity contribution in [2.45, 2.75) is 38.5 Å². The molecule has 2 N–H and O–H groups in total. The zero-order chi connectivity index (χ0) is 20.1.